The predicted molar refractivity (Wildman–Crippen MR) is 61.5 cm³/mol. The zero-order chi connectivity index (χ0) is 10.7. The highest BCUT2D eigenvalue weighted by molar-refractivity contribution is 5.52. The van der Waals surface area contributed by atoms with Gasteiger partial charge in [0.05, 0.1) is 11.9 Å². The van der Waals surface area contributed by atoms with Gasteiger partial charge in [0.1, 0.15) is 5.82 Å². The Labute approximate surface area is 85.9 Å². The van der Waals surface area contributed by atoms with E-state index in [1.807, 2.05) is 13.0 Å². The van der Waals surface area contributed by atoms with Gasteiger partial charge in [0, 0.05) is 13.1 Å². The maximum atomic E-state index is 5.72. The van der Waals surface area contributed by atoms with Crippen LogP contribution in [0.25, 0.3) is 0 Å². The molecule has 1 aromatic rings. The van der Waals surface area contributed by atoms with Gasteiger partial charge >= 0.3 is 0 Å². The summed E-state index contributed by atoms with van der Waals surface area (Å²) >= 11 is 0. The first-order valence-corrected chi connectivity index (χ1v) is 5.01. The molecule has 1 heterocycles. The van der Waals surface area contributed by atoms with Crippen LogP contribution >= 0.6 is 0 Å². The quantitative estimate of drug-likeness (QED) is 0.800. The fourth-order valence-electron chi connectivity index (χ4n) is 1.24. The average molecular weight is 193 g/mol. The van der Waals surface area contributed by atoms with Crippen LogP contribution in [0.1, 0.15) is 25.8 Å². The van der Waals surface area contributed by atoms with E-state index in [1.165, 1.54) is 0 Å². The molecule has 78 valence electrons. The lowest BCUT2D eigenvalue weighted by Crippen LogP contribution is -2.28. The molecule has 0 aliphatic heterocycles. The van der Waals surface area contributed by atoms with Crippen LogP contribution in [-0.2, 0) is 0 Å². The van der Waals surface area contributed by atoms with Gasteiger partial charge in [0.25, 0.3) is 0 Å². The zero-order valence-electron chi connectivity index (χ0n) is 9.41. The van der Waals surface area contributed by atoms with Crippen LogP contribution in [0.5, 0.6) is 0 Å². The number of anilines is 2. The van der Waals surface area contributed by atoms with Gasteiger partial charge in [-0.05, 0) is 31.9 Å². The highest BCUT2D eigenvalue weighted by Crippen LogP contribution is 2.18. The molecule has 0 amide bonds. The van der Waals surface area contributed by atoms with Crippen molar-refractivity contribution in [3.63, 3.8) is 0 Å². The molecule has 0 aromatic carbocycles. The second-order valence-corrected chi connectivity index (χ2v) is 3.77. The Kier molecular flexibility index (Phi) is 3.33. The van der Waals surface area contributed by atoms with Crippen LogP contribution in [0.2, 0.25) is 0 Å². The van der Waals surface area contributed by atoms with Gasteiger partial charge in [-0.25, -0.2) is 4.98 Å². The molecule has 0 spiro atoms. The number of rotatable bonds is 3. The molecule has 0 bridgehead atoms. The average Bonchev–Trinajstić information content (AvgIpc) is 2.20. The first kappa shape index (κ1) is 10.8. The van der Waals surface area contributed by atoms with Crippen molar-refractivity contribution in [2.24, 2.45) is 0 Å². The Morgan fingerprint density at radius 3 is 2.71 bits per heavy atom. The topological polar surface area (TPSA) is 42.1 Å². The van der Waals surface area contributed by atoms with Crippen LogP contribution < -0.4 is 10.6 Å². The lowest BCUT2D eigenvalue weighted by atomic mass is 10.2. The third-order valence-electron chi connectivity index (χ3n) is 2.75. The summed E-state index contributed by atoms with van der Waals surface area (Å²) in [6, 6.07) is 2.53. The standard InChI is InChI=1S/C11H19N3/c1-5-9(3)14(4)11-6-8(2)10(12)7-13-11/h6-7,9H,5,12H2,1-4H3. The summed E-state index contributed by atoms with van der Waals surface area (Å²) < 4.78 is 0. The van der Waals surface area contributed by atoms with Crippen LogP contribution in [0, 0.1) is 6.92 Å². The van der Waals surface area contributed by atoms with E-state index < -0.39 is 0 Å². The molecule has 0 aliphatic carbocycles. The highest BCUT2D eigenvalue weighted by Gasteiger charge is 2.09. The number of nitrogens with zero attached hydrogens (tertiary/aromatic N) is 2. The first-order valence-electron chi connectivity index (χ1n) is 5.01. The van der Waals surface area contributed by atoms with E-state index in [9.17, 15) is 0 Å². The Morgan fingerprint density at radius 2 is 2.21 bits per heavy atom. The summed E-state index contributed by atoms with van der Waals surface area (Å²) in [5.41, 5.74) is 7.56. The number of aryl methyl sites for hydroxylation is 1. The van der Waals surface area contributed by atoms with E-state index in [4.69, 9.17) is 5.73 Å². The Morgan fingerprint density at radius 1 is 1.57 bits per heavy atom. The van der Waals surface area contributed by atoms with E-state index in [-0.39, 0.29) is 0 Å². The number of hydrogen-bond acceptors (Lipinski definition) is 3. The second kappa shape index (κ2) is 4.31. The van der Waals surface area contributed by atoms with Crippen LogP contribution in [0.3, 0.4) is 0 Å². The number of pyridine rings is 1. The fraction of sp³-hybridized carbons (Fsp3) is 0.545. The van der Waals surface area contributed by atoms with E-state index in [1.54, 1.807) is 6.20 Å². The van der Waals surface area contributed by atoms with E-state index in [2.05, 4.69) is 30.8 Å². The van der Waals surface area contributed by atoms with Crippen molar-refractivity contribution in [2.45, 2.75) is 33.2 Å². The molecule has 2 N–H and O–H groups in total. The van der Waals surface area contributed by atoms with Crippen molar-refractivity contribution in [1.29, 1.82) is 0 Å². The van der Waals surface area contributed by atoms with Gasteiger partial charge in [-0.1, -0.05) is 6.92 Å². The number of nitrogen functional groups attached to an aromatic ring is 1. The van der Waals surface area contributed by atoms with E-state index >= 15 is 0 Å². The van der Waals surface area contributed by atoms with E-state index in [0.29, 0.717) is 6.04 Å². The molecule has 1 aromatic heterocycles. The molecule has 14 heavy (non-hydrogen) atoms. The minimum absolute atomic E-state index is 0.505. The van der Waals surface area contributed by atoms with Crippen LogP contribution in [0.15, 0.2) is 12.3 Å². The van der Waals surface area contributed by atoms with Gasteiger partial charge in [-0.2, -0.15) is 0 Å². The van der Waals surface area contributed by atoms with Crippen molar-refractivity contribution in [3.05, 3.63) is 17.8 Å². The summed E-state index contributed by atoms with van der Waals surface area (Å²) in [5, 5.41) is 0. The predicted octanol–water partition coefficient (Wildman–Crippen LogP) is 2.21. The largest absolute Gasteiger partial charge is 0.397 e. The molecule has 3 heteroatoms. The third-order valence-corrected chi connectivity index (χ3v) is 2.75. The number of aromatic nitrogens is 1. The lowest BCUT2D eigenvalue weighted by Gasteiger charge is -2.25. The monoisotopic (exact) mass is 193 g/mol. The normalized spacial score (nSPS) is 12.6. The number of nitrogens with two attached hydrogens (primary N) is 1. The zero-order valence-corrected chi connectivity index (χ0v) is 9.41. The van der Waals surface area contributed by atoms with Gasteiger partial charge in [-0.3, -0.25) is 0 Å². The second-order valence-electron chi connectivity index (χ2n) is 3.77. The molecule has 0 saturated carbocycles. The molecule has 0 aliphatic rings. The highest BCUT2D eigenvalue weighted by atomic mass is 15.2. The van der Waals surface area contributed by atoms with Gasteiger partial charge in [-0.15, -0.1) is 0 Å². The smallest absolute Gasteiger partial charge is 0.128 e. The third kappa shape index (κ3) is 2.16. The first-order chi connectivity index (χ1) is 6.56. The summed E-state index contributed by atoms with van der Waals surface area (Å²) in [6.07, 6.45) is 2.84. The van der Waals surface area contributed by atoms with Crippen molar-refractivity contribution >= 4 is 11.5 Å². The minimum atomic E-state index is 0.505. The minimum Gasteiger partial charge on any atom is -0.397 e. The van der Waals surface area contributed by atoms with Crippen molar-refractivity contribution in [1.82, 2.24) is 4.98 Å². The summed E-state index contributed by atoms with van der Waals surface area (Å²) in [7, 11) is 2.06. The maximum Gasteiger partial charge on any atom is 0.128 e. The SMILES string of the molecule is CCC(C)N(C)c1cc(C)c(N)cn1. The van der Waals surface area contributed by atoms with Crippen molar-refractivity contribution in [3.8, 4) is 0 Å². The molecule has 0 radical (unpaired) electrons. The summed E-state index contributed by atoms with van der Waals surface area (Å²) in [4.78, 5) is 6.48. The molecular weight excluding hydrogens is 174 g/mol. The van der Waals surface area contributed by atoms with Crippen molar-refractivity contribution < 1.29 is 0 Å². The van der Waals surface area contributed by atoms with E-state index in [0.717, 1.165) is 23.5 Å². The van der Waals surface area contributed by atoms with Crippen LogP contribution in [-0.4, -0.2) is 18.1 Å². The molecule has 0 fully saturated rings. The maximum absolute atomic E-state index is 5.72. The molecule has 1 rings (SSSR count). The molecule has 0 saturated heterocycles. The lowest BCUT2D eigenvalue weighted by molar-refractivity contribution is 0.657. The fourth-order valence-corrected chi connectivity index (χ4v) is 1.24. The van der Waals surface area contributed by atoms with Crippen LogP contribution in [0.4, 0.5) is 11.5 Å². The molecule has 3 nitrogen and oxygen atoms in total. The summed E-state index contributed by atoms with van der Waals surface area (Å²) in [6.45, 7) is 6.36. The Hall–Kier alpha value is -1.25. The molecular formula is C11H19N3. The Bertz CT molecular complexity index is 309. The van der Waals surface area contributed by atoms with Gasteiger partial charge in [0.15, 0.2) is 0 Å². The molecule has 1 atom stereocenters. The molecule has 1 unspecified atom stereocenters. The van der Waals surface area contributed by atoms with Gasteiger partial charge in [0.2, 0.25) is 0 Å². The van der Waals surface area contributed by atoms with Gasteiger partial charge < -0.3 is 10.6 Å². The van der Waals surface area contributed by atoms with Crippen molar-refractivity contribution in [2.75, 3.05) is 17.7 Å². The number of hydrogen-bond donors (Lipinski definition) is 1. The summed E-state index contributed by atoms with van der Waals surface area (Å²) in [5.74, 6) is 0.992. The Balaban J connectivity index is 2.91.